The molecular formula is C27H27ClF3N3O. The Labute approximate surface area is 208 Å². The molecule has 184 valence electrons. The second kappa shape index (κ2) is 11.7. The lowest BCUT2D eigenvalue weighted by Crippen LogP contribution is -2.43. The standard InChI is InChI=1S/C27H27ClF3N3O/c28-20-7-3-5-18(13-20)16-34-17-21(33-15-22-24(30)9-4-10-25(22)31)14-26(34)27(35)32-12-11-19-6-1-2-8-23(19)29/h1-10,13,21,26,33H,11-12,14-17H2,(H,32,35)/t21-,26-/m0/s1. The van der Waals surface area contributed by atoms with Crippen LogP contribution in [0.5, 0.6) is 0 Å². The summed E-state index contributed by atoms with van der Waals surface area (Å²) in [6.45, 7) is 1.35. The van der Waals surface area contributed by atoms with Gasteiger partial charge in [-0.05, 0) is 54.3 Å². The van der Waals surface area contributed by atoms with E-state index in [1.165, 1.54) is 24.3 Å². The summed E-state index contributed by atoms with van der Waals surface area (Å²) in [5.41, 5.74) is 1.48. The lowest BCUT2D eigenvalue weighted by molar-refractivity contribution is -0.125. The average Bonchev–Trinajstić information content (AvgIpc) is 3.22. The molecule has 2 atom stereocenters. The molecule has 2 N–H and O–H groups in total. The van der Waals surface area contributed by atoms with Crippen molar-refractivity contribution in [2.75, 3.05) is 13.1 Å². The zero-order valence-corrected chi connectivity index (χ0v) is 19.9. The van der Waals surface area contributed by atoms with Gasteiger partial charge in [0.05, 0.1) is 6.04 Å². The molecule has 0 aromatic heterocycles. The predicted octanol–water partition coefficient (Wildman–Crippen LogP) is 4.85. The molecule has 1 fully saturated rings. The summed E-state index contributed by atoms with van der Waals surface area (Å²) in [6.07, 6.45) is 0.857. The molecule has 0 spiro atoms. The van der Waals surface area contributed by atoms with Crippen molar-refractivity contribution in [2.24, 2.45) is 0 Å². The van der Waals surface area contributed by atoms with Gasteiger partial charge in [0, 0.05) is 42.8 Å². The molecule has 3 aromatic carbocycles. The summed E-state index contributed by atoms with van der Waals surface area (Å²) in [7, 11) is 0. The van der Waals surface area contributed by atoms with E-state index in [1.807, 2.05) is 23.1 Å². The third kappa shape index (κ3) is 6.63. The van der Waals surface area contributed by atoms with Gasteiger partial charge in [-0.2, -0.15) is 0 Å². The molecule has 8 heteroatoms. The van der Waals surface area contributed by atoms with Crippen LogP contribution in [0.25, 0.3) is 0 Å². The maximum atomic E-state index is 14.0. The van der Waals surface area contributed by atoms with Crippen LogP contribution in [-0.2, 0) is 24.3 Å². The fourth-order valence-corrected chi connectivity index (χ4v) is 4.67. The molecule has 0 bridgehead atoms. The summed E-state index contributed by atoms with van der Waals surface area (Å²) in [4.78, 5) is 15.1. The van der Waals surface area contributed by atoms with Gasteiger partial charge in [0.2, 0.25) is 5.91 Å². The normalized spacial score (nSPS) is 18.1. The minimum absolute atomic E-state index is 0.0216. The van der Waals surface area contributed by atoms with Crippen molar-refractivity contribution in [1.29, 1.82) is 0 Å². The Kier molecular flexibility index (Phi) is 8.44. The minimum atomic E-state index is -0.603. The molecule has 0 aliphatic carbocycles. The van der Waals surface area contributed by atoms with Crippen LogP contribution >= 0.6 is 11.6 Å². The number of hydrogen-bond donors (Lipinski definition) is 2. The van der Waals surface area contributed by atoms with Crippen LogP contribution < -0.4 is 10.6 Å². The number of amides is 1. The van der Waals surface area contributed by atoms with Gasteiger partial charge in [-0.3, -0.25) is 9.69 Å². The maximum absolute atomic E-state index is 14.0. The van der Waals surface area contributed by atoms with Crippen molar-refractivity contribution in [2.45, 2.75) is 38.0 Å². The molecule has 1 aliphatic heterocycles. The van der Waals surface area contributed by atoms with Gasteiger partial charge in [-0.1, -0.05) is 48.0 Å². The first-order valence-corrected chi connectivity index (χ1v) is 11.9. The van der Waals surface area contributed by atoms with Crippen LogP contribution in [0, 0.1) is 17.5 Å². The first-order valence-electron chi connectivity index (χ1n) is 11.6. The van der Waals surface area contributed by atoms with E-state index < -0.39 is 17.7 Å². The van der Waals surface area contributed by atoms with E-state index in [2.05, 4.69) is 10.6 Å². The average molecular weight is 502 g/mol. The van der Waals surface area contributed by atoms with Crippen LogP contribution in [0.1, 0.15) is 23.1 Å². The molecule has 0 unspecified atom stereocenters. The van der Waals surface area contributed by atoms with Crippen molar-refractivity contribution < 1.29 is 18.0 Å². The summed E-state index contributed by atoms with van der Waals surface area (Å²) in [5.74, 6) is -1.66. The lowest BCUT2D eigenvalue weighted by Gasteiger charge is -2.23. The number of nitrogens with one attached hydrogen (secondary N) is 2. The van der Waals surface area contributed by atoms with E-state index in [4.69, 9.17) is 11.6 Å². The molecule has 0 radical (unpaired) electrons. The quantitative estimate of drug-likeness (QED) is 0.440. The zero-order chi connectivity index (χ0) is 24.8. The second-order valence-electron chi connectivity index (χ2n) is 8.72. The molecule has 1 aliphatic rings. The molecule has 3 aromatic rings. The van der Waals surface area contributed by atoms with Gasteiger partial charge in [0.15, 0.2) is 0 Å². The first-order chi connectivity index (χ1) is 16.9. The molecule has 35 heavy (non-hydrogen) atoms. The smallest absolute Gasteiger partial charge is 0.237 e. The molecule has 1 amide bonds. The number of carbonyl (C=O) groups is 1. The summed E-state index contributed by atoms with van der Waals surface area (Å²) >= 11 is 6.13. The molecule has 4 nitrogen and oxygen atoms in total. The Morgan fingerprint density at radius 3 is 2.43 bits per heavy atom. The minimum Gasteiger partial charge on any atom is -0.354 e. The van der Waals surface area contributed by atoms with Crippen molar-refractivity contribution in [3.63, 3.8) is 0 Å². The van der Waals surface area contributed by atoms with E-state index >= 15 is 0 Å². The van der Waals surface area contributed by atoms with Crippen molar-refractivity contribution in [3.05, 3.63) is 106 Å². The number of hydrogen-bond acceptors (Lipinski definition) is 3. The fourth-order valence-electron chi connectivity index (χ4n) is 4.46. The highest BCUT2D eigenvalue weighted by Crippen LogP contribution is 2.23. The number of likely N-dealkylation sites (tertiary alicyclic amines) is 1. The van der Waals surface area contributed by atoms with E-state index in [9.17, 15) is 18.0 Å². The van der Waals surface area contributed by atoms with Crippen LogP contribution in [0.2, 0.25) is 5.02 Å². The van der Waals surface area contributed by atoms with Crippen molar-refractivity contribution >= 4 is 17.5 Å². The van der Waals surface area contributed by atoms with Crippen molar-refractivity contribution in [1.82, 2.24) is 15.5 Å². The van der Waals surface area contributed by atoms with Crippen LogP contribution in [0.15, 0.2) is 66.7 Å². The highest BCUT2D eigenvalue weighted by Gasteiger charge is 2.36. The summed E-state index contributed by atoms with van der Waals surface area (Å²) in [6, 6.07) is 17.1. The first kappa shape index (κ1) is 25.2. The van der Waals surface area contributed by atoms with Gasteiger partial charge < -0.3 is 10.6 Å². The fraction of sp³-hybridized carbons (Fsp3) is 0.296. The topological polar surface area (TPSA) is 44.4 Å². The predicted molar refractivity (Wildman–Crippen MR) is 130 cm³/mol. The van der Waals surface area contributed by atoms with Gasteiger partial charge in [-0.25, -0.2) is 13.2 Å². The van der Waals surface area contributed by atoms with E-state index in [0.717, 1.165) is 5.56 Å². The van der Waals surface area contributed by atoms with Gasteiger partial charge in [0.1, 0.15) is 17.5 Å². The Bertz CT molecular complexity index is 1160. The summed E-state index contributed by atoms with van der Waals surface area (Å²) in [5, 5.41) is 6.73. The highest BCUT2D eigenvalue weighted by atomic mass is 35.5. The molecule has 1 saturated heterocycles. The van der Waals surface area contributed by atoms with E-state index in [0.29, 0.717) is 43.1 Å². The third-order valence-electron chi connectivity index (χ3n) is 6.26. The third-order valence-corrected chi connectivity index (χ3v) is 6.50. The maximum Gasteiger partial charge on any atom is 0.237 e. The Morgan fingerprint density at radius 1 is 0.971 bits per heavy atom. The Hall–Kier alpha value is -2.87. The van der Waals surface area contributed by atoms with Crippen LogP contribution in [0.3, 0.4) is 0 Å². The Morgan fingerprint density at radius 2 is 1.69 bits per heavy atom. The van der Waals surface area contributed by atoms with Gasteiger partial charge in [0.25, 0.3) is 0 Å². The Balaban J connectivity index is 1.41. The number of halogens is 4. The molecule has 0 saturated carbocycles. The number of rotatable bonds is 9. The van der Waals surface area contributed by atoms with Crippen molar-refractivity contribution in [3.8, 4) is 0 Å². The largest absolute Gasteiger partial charge is 0.354 e. The molecule has 4 rings (SSSR count). The number of benzene rings is 3. The molecular weight excluding hydrogens is 475 g/mol. The summed E-state index contributed by atoms with van der Waals surface area (Å²) < 4.78 is 42.0. The highest BCUT2D eigenvalue weighted by molar-refractivity contribution is 6.30. The van der Waals surface area contributed by atoms with E-state index in [-0.39, 0.29) is 29.9 Å². The van der Waals surface area contributed by atoms with Crippen LogP contribution in [-0.4, -0.2) is 36.0 Å². The number of nitrogens with zero attached hydrogens (tertiary/aromatic N) is 1. The lowest BCUT2D eigenvalue weighted by atomic mass is 10.1. The van der Waals surface area contributed by atoms with Crippen LogP contribution in [0.4, 0.5) is 13.2 Å². The number of carbonyl (C=O) groups excluding carboxylic acids is 1. The van der Waals surface area contributed by atoms with Gasteiger partial charge >= 0.3 is 0 Å². The molecule has 1 heterocycles. The second-order valence-corrected chi connectivity index (χ2v) is 9.16. The van der Waals surface area contributed by atoms with E-state index in [1.54, 1.807) is 24.3 Å². The zero-order valence-electron chi connectivity index (χ0n) is 19.1. The monoisotopic (exact) mass is 501 g/mol. The SMILES string of the molecule is O=C(NCCc1ccccc1F)[C@@H]1C[C@H](NCc2c(F)cccc2F)CN1Cc1cccc(Cl)c1. The van der Waals surface area contributed by atoms with Gasteiger partial charge in [-0.15, -0.1) is 0 Å².